The maximum atomic E-state index is 11.9. The normalized spacial score (nSPS) is 10.5. The van der Waals surface area contributed by atoms with E-state index in [1.807, 2.05) is 0 Å². The molecule has 0 unspecified atom stereocenters. The van der Waals surface area contributed by atoms with E-state index in [-0.39, 0.29) is 11.5 Å². The summed E-state index contributed by atoms with van der Waals surface area (Å²) in [6.45, 7) is 0. The van der Waals surface area contributed by atoms with Crippen LogP contribution in [0.1, 0.15) is 0 Å². The second kappa shape index (κ2) is 9.10. The van der Waals surface area contributed by atoms with Crippen molar-refractivity contribution in [2.45, 2.75) is 0 Å². The quantitative estimate of drug-likeness (QED) is 0.673. The van der Waals surface area contributed by atoms with Crippen LogP contribution in [0.25, 0.3) is 0 Å². The summed E-state index contributed by atoms with van der Waals surface area (Å²) in [6.07, 6.45) is 0. The summed E-state index contributed by atoms with van der Waals surface area (Å²) in [6, 6.07) is 14.1. The fraction of sp³-hybridized carbons (Fsp3) is 0.125. The van der Waals surface area contributed by atoms with Gasteiger partial charge in [-0.3, -0.25) is 13.8 Å². The van der Waals surface area contributed by atoms with Crippen molar-refractivity contribution in [1.82, 2.24) is 0 Å². The van der Waals surface area contributed by atoms with Gasteiger partial charge < -0.3 is 10.6 Å². The van der Waals surface area contributed by atoms with Crippen molar-refractivity contribution in [1.29, 1.82) is 0 Å². The third-order valence-corrected chi connectivity index (χ3v) is 5.07. The SMILES string of the molecule is O=C(CS(=O)CC(=O)Nc1ccc(Br)cc1)Nc1ccc(Br)cc1. The monoisotopic (exact) mass is 472 g/mol. The smallest absolute Gasteiger partial charge is 0.237 e. The second-order valence-corrected chi connectivity index (χ2v) is 8.13. The molecule has 0 bridgehead atoms. The van der Waals surface area contributed by atoms with Gasteiger partial charge in [-0.1, -0.05) is 31.9 Å². The van der Waals surface area contributed by atoms with Gasteiger partial charge in [-0.05, 0) is 48.5 Å². The average Bonchev–Trinajstić information content (AvgIpc) is 2.51. The van der Waals surface area contributed by atoms with E-state index >= 15 is 0 Å². The van der Waals surface area contributed by atoms with Gasteiger partial charge in [0.15, 0.2) is 0 Å². The Kier molecular flexibility index (Phi) is 7.14. The molecular formula is C16H14Br2N2O3S. The molecule has 0 fully saturated rings. The molecule has 2 aromatic carbocycles. The Morgan fingerprint density at radius 2 is 1.08 bits per heavy atom. The first-order valence-electron chi connectivity index (χ1n) is 6.88. The molecule has 0 aliphatic rings. The van der Waals surface area contributed by atoms with Gasteiger partial charge in [-0.25, -0.2) is 0 Å². The number of halogens is 2. The van der Waals surface area contributed by atoms with Crippen LogP contribution in [-0.4, -0.2) is 27.5 Å². The first-order chi connectivity index (χ1) is 11.4. The lowest BCUT2D eigenvalue weighted by atomic mass is 10.3. The van der Waals surface area contributed by atoms with Gasteiger partial charge >= 0.3 is 0 Å². The minimum absolute atomic E-state index is 0.232. The minimum atomic E-state index is -1.58. The molecule has 2 N–H and O–H groups in total. The van der Waals surface area contributed by atoms with Crippen molar-refractivity contribution >= 4 is 65.8 Å². The van der Waals surface area contributed by atoms with Crippen molar-refractivity contribution in [3.8, 4) is 0 Å². The maximum Gasteiger partial charge on any atom is 0.237 e. The largest absolute Gasteiger partial charge is 0.325 e. The lowest BCUT2D eigenvalue weighted by Gasteiger charge is -2.07. The number of hydrogen-bond donors (Lipinski definition) is 2. The Hall–Kier alpha value is -1.51. The number of nitrogens with one attached hydrogen (secondary N) is 2. The zero-order valence-electron chi connectivity index (χ0n) is 12.4. The summed E-state index contributed by atoms with van der Waals surface area (Å²) < 4.78 is 13.7. The van der Waals surface area contributed by atoms with E-state index in [1.54, 1.807) is 48.5 Å². The summed E-state index contributed by atoms with van der Waals surface area (Å²) in [5.41, 5.74) is 1.22. The highest BCUT2D eigenvalue weighted by atomic mass is 79.9. The molecule has 0 aliphatic heterocycles. The molecule has 0 aromatic heterocycles. The molecule has 0 saturated heterocycles. The van der Waals surface area contributed by atoms with Gasteiger partial charge in [0.2, 0.25) is 11.8 Å². The van der Waals surface area contributed by atoms with Crippen LogP contribution in [0.5, 0.6) is 0 Å². The van der Waals surface area contributed by atoms with Gasteiger partial charge in [-0.2, -0.15) is 0 Å². The van der Waals surface area contributed by atoms with E-state index in [0.717, 1.165) is 8.95 Å². The maximum absolute atomic E-state index is 11.9. The molecule has 0 atom stereocenters. The predicted molar refractivity (Wildman–Crippen MR) is 103 cm³/mol. The molecule has 0 radical (unpaired) electrons. The Morgan fingerprint density at radius 3 is 1.42 bits per heavy atom. The molecule has 0 spiro atoms. The van der Waals surface area contributed by atoms with E-state index in [4.69, 9.17) is 0 Å². The lowest BCUT2D eigenvalue weighted by Crippen LogP contribution is -2.26. The van der Waals surface area contributed by atoms with Gasteiger partial charge in [0.1, 0.15) is 11.5 Å². The molecule has 2 amide bonds. The summed E-state index contributed by atoms with van der Waals surface area (Å²) in [7, 11) is -1.58. The molecular weight excluding hydrogens is 460 g/mol. The average molecular weight is 474 g/mol. The van der Waals surface area contributed by atoms with Crippen LogP contribution in [-0.2, 0) is 20.4 Å². The number of hydrogen-bond acceptors (Lipinski definition) is 3. The summed E-state index contributed by atoms with van der Waals surface area (Å²) in [5.74, 6) is -1.26. The van der Waals surface area contributed by atoms with E-state index < -0.39 is 22.6 Å². The second-order valence-electron chi connectivity index (χ2n) is 4.84. The zero-order chi connectivity index (χ0) is 17.5. The first-order valence-corrected chi connectivity index (χ1v) is 9.95. The van der Waals surface area contributed by atoms with Crippen LogP contribution in [0, 0.1) is 0 Å². The number of benzene rings is 2. The van der Waals surface area contributed by atoms with Crippen molar-refractivity contribution in [3.05, 3.63) is 57.5 Å². The van der Waals surface area contributed by atoms with E-state index in [1.165, 1.54) is 0 Å². The zero-order valence-corrected chi connectivity index (χ0v) is 16.4. The van der Waals surface area contributed by atoms with Crippen LogP contribution in [0.2, 0.25) is 0 Å². The number of anilines is 2. The number of rotatable bonds is 6. The van der Waals surface area contributed by atoms with Crippen LogP contribution >= 0.6 is 31.9 Å². The molecule has 24 heavy (non-hydrogen) atoms. The van der Waals surface area contributed by atoms with Crippen molar-refractivity contribution in [2.24, 2.45) is 0 Å². The lowest BCUT2D eigenvalue weighted by molar-refractivity contribution is -0.114. The summed E-state index contributed by atoms with van der Waals surface area (Å²) >= 11 is 6.60. The van der Waals surface area contributed by atoms with Crippen molar-refractivity contribution < 1.29 is 13.8 Å². The van der Waals surface area contributed by atoms with Gasteiger partial charge in [0, 0.05) is 31.1 Å². The third-order valence-electron chi connectivity index (χ3n) is 2.84. The molecule has 0 aliphatic carbocycles. The van der Waals surface area contributed by atoms with E-state index in [9.17, 15) is 13.8 Å². The van der Waals surface area contributed by atoms with Gasteiger partial charge in [-0.15, -0.1) is 0 Å². The highest BCUT2D eigenvalue weighted by Crippen LogP contribution is 2.15. The fourth-order valence-electron chi connectivity index (χ4n) is 1.80. The topological polar surface area (TPSA) is 75.3 Å². The Morgan fingerprint density at radius 1 is 0.750 bits per heavy atom. The highest BCUT2D eigenvalue weighted by Gasteiger charge is 2.13. The Balaban J connectivity index is 1.79. The third kappa shape index (κ3) is 6.54. The molecule has 2 rings (SSSR count). The van der Waals surface area contributed by atoms with Crippen LogP contribution < -0.4 is 10.6 Å². The molecule has 8 heteroatoms. The summed E-state index contributed by atoms with van der Waals surface area (Å²) in [5, 5.41) is 5.28. The van der Waals surface area contributed by atoms with Crippen molar-refractivity contribution in [3.63, 3.8) is 0 Å². The molecule has 5 nitrogen and oxygen atoms in total. The molecule has 0 heterocycles. The number of amides is 2. The van der Waals surface area contributed by atoms with Gasteiger partial charge in [0.05, 0.1) is 0 Å². The van der Waals surface area contributed by atoms with E-state index in [0.29, 0.717) is 11.4 Å². The predicted octanol–water partition coefficient (Wildman–Crippen LogP) is 3.54. The standard InChI is InChI=1S/C16H14Br2N2O3S/c17-11-1-5-13(6-2-11)19-15(21)9-24(23)10-16(22)20-14-7-3-12(18)4-8-14/h1-8H,9-10H2,(H,19,21)(H,20,22). The van der Waals surface area contributed by atoms with Crippen LogP contribution in [0.15, 0.2) is 57.5 Å². The molecule has 2 aromatic rings. The van der Waals surface area contributed by atoms with Crippen LogP contribution in [0.4, 0.5) is 11.4 Å². The molecule has 126 valence electrons. The fourth-order valence-corrected chi connectivity index (χ4v) is 3.16. The highest BCUT2D eigenvalue weighted by molar-refractivity contribution is 9.10. The first kappa shape index (κ1) is 18.8. The van der Waals surface area contributed by atoms with E-state index in [2.05, 4.69) is 42.5 Å². The Bertz CT molecular complexity index is 685. The Labute approximate surface area is 158 Å². The number of carbonyl (C=O) groups excluding carboxylic acids is 2. The summed E-state index contributed by atoms with van der Waals surface area (Å²) in [4.78, 5) is 23.7. The van der Waals surface area contributed by atoms with Crippen molar-refractivity contribution in [2.75, 3.05) is 22.1 Å². The molecule has 0 saturated carbocycles. The van der Waals surface area contributed by atoms with Gasteiger partial charge in [0.25, 0.3) is 0 Å². The van der Waals surface area contributed by atoms with Crippen LogP contribution in [0.3, 0.4) is 0 Å². The number of carbonyl (C=O) groups is 2. The minimum Gasteiger partial charge on any atom is -0.325 e.